The van der Waals surface area contributed by atoms with Crippen LogP contribution in [0.5, 0.6) is 0 Å². The molecule has 0 unspecified atom stereocenters. The number of hydrogen-bond acceptors (Lipinski definition) is 4. The molecule has 1 saturated heterocycles. The minimum Gasteiger partial charge on any atom is -0.399 e. The highest BCUT2D eigenvalue weighted by Crippen LogP contribution is 2.43. The van der Waals surface area contributed by atoms with E-state index in [9.17, 15) is 4.39 Å². The zero-order valence-corrected chi connectivity index (χ0v) is 21.5. The van der Waals surface area contributed by atoms with Crippen molar-refractivity contribution in [2.75, 3.05) is 6.61 Å². The van der Waals surface area contributed by atoms with Gasteiger partial charge in [-0.25, -0.2) is 9.07 Å². The lowest BCUT2D eigenvalue weighted by Gasteiger charge is -2.32. The normalized spacial score (nSPS) is 20.2. The van der Waals surface area contributed by atoms with E-state index in [4.69, 9.17) is 19.1 Å². The molecule has 1 aliphatic heterocycles. The van der Waals surface area contributed by atoms with Crippen molar-refractivity contribution in [1.82, 2.24) is 9.78 Å². The fourth-order valence-electron chi connectivity index (χ4n) is 3.92. The summed E-state index contributed by atoms with van der Waals surface area (Å²) in [5, 5.41) is 4.97. The third-order valence-corrected chi connectivity index (χ3v) is 8.51. The first-order valence-corrected chi connectivity index (χ1v) is 15.4. The van der Waals surface area contributed by atoms with Crippen LogP contribution in [0.25, 0.3) is 11.3 Å². The first kappa shape index (κ1) is 23.7. The van der Waals surface area contributed by atoms with Gasteiger partial charge >= 0.3 is 7.12 Å². The maximum absolute atomic E-state index is 13.6. The Hall–Kier alpha value is -1.48. The Labute approximate surface area is 192 Å². The van der Waals surface area contributed by atoms with Crippen molar-refractivity contribution in [3.63, 3.8) is 0 Å². The second-order valence-corrected chi connectivity index (χ2v) is 17.0. The fraction of sp³-hybridized carbons (Fsp3) is 0.625. The minimum absolute atomic E-state index is 0.262. The SMILES string of the molecule is CC1(C)OB(c2c(-c3ccc(F)cc3)nn(COCC[Si](C)(C)C)c2C2CC2)OC1(C)C. The van der Waals surface area contributed by atoms with Gasteiger partial charge in [0.2, 0.25) is 0 Å². The molecule has 2 aromatic rings. The molecule has 2 aliphatic rings. The van der Waals surface area contributed by atoms with Gasteiger partial charge in [-0.1, -0.05) is 19.6 Å². The van der Waals surface area contributed by atoms with Crippen molar-refractivity contribution >= 4 is 20.7 Å². The van der Waals surface area contributed by atoms with Crippen LogP contribution in [0.2, 0.25) is 25.7 Å². The lowest BCUT2D eigenvalue weighted by Crippen LogP contribution is -2.41. The Bertz CT molecular complexity index is 949. The first-order valence-electron chi connectivity index (χ1n) is 11.7. The predicted molar refractivity (Wildman–Crippen MR) is 129 cm³/mol. The summed E-state index contributed by atoms with van der Waals surface area (Å²) in [6.45, 7) is 16.4. The van der Waals surface area contributed by atoms with Gasteiger partial charge < -0.3 is 14.0 Å². The molecule has 1 aromatic heterocycles. The third kappa shape index (κ3) is 4.88. The Morgan fingerprint density at radius 3 is 2.22 bits per heavy atom. The summed E-state index contributed by atoms with van der Waals surface area (Å²) < 4.78 is 34.6. The van der Waals surface area contributed by atoms with Gasteiger partial charge in [0.05, 0.1) is 16.9 Å². The monoisotopic (exact) mass is 458 g/mol. The van der Waals surface area contributed by atoms with Crippen molar-refractivity contribution in [2.45, 2.75) is 90.1 Å². The van der Waals surface area contributed by atoms with Crippen LogP contribution in [0.4, 0.5) is 4.39 Å². The summed E-state index contributed by atoms with van der Waals surface area (Å²) in [5.74, 6) is 0.161. The summed E-state index contributed by atoms with van der Waals surface area (Å²) >= 11 is 0. The number of ether oxygens (including phenoxy) is 1. The molecule has 1 saturated carbocycles. The minimum atomic E-state index is -1.17. The van der Waals surface area contributed by atoms with Gasteiger partial charge in [0, 0.05) is 37.3 Å². The standard InChI is InChI=1S/C24H36BFN2O3Si/c1-23(2)24(3,4)31-25(30-23)20-21(17-10-12-19(26)13-11-17)27-28(22(20)18-8-9-18)16-29-14-15-32(5,6)7/h10-13,18H,8-9,14-16H2,1-7H3. The average molecular weight is 458 g/mol. The van der Waals surface area contributed by atoms with Crippen molar-refractivity contribution in [1.29, 1.82) is 0 Å². The fourth-order valence-corrected chi connectivity index (χ4v) is 4.68. The van der Waals surface area contributed by atoms with Crippen LogP contribution in [0.15, 0.2) is 24.3 Å². The Morgan fingerprint density at radius 1 is 1.09 bits per heavy atom. The van der Waals surface area contributed by atoms with E-state index in [1.807, 2.05) is 4.68 Å². The number of nitrogens with zero attached hydrogens (tertiary/aromatic N) is 2. The maximum Gasteiger partial charge on any atom is 0.499 e. The van der Waals surface area contributed by atoms with E-state index in [1.165, 1.54) is 12.1 Å². The first-order chi connectivity index (χ1) is 14.9. The molecule has 2 heterocycles. The zero-order chi connectivity index (χ0) is 23.3. The topological polar surface area (TPSA) is 45.5 Å². The molecule has 174 valence electrons. The number of aromatic nitrogens is 2. The van der Waals surface area contributed by atoms with Crippen LogP contribution >= 0.6 is 0 Å². The lowest BCUT2D eigenvalue weighted by atomic mass is 9.75. The summed E-state index contributed by atoms with van der Waals surface area (Å²) in [6.07, 6.45) is 2.24. The van der Waals surface area contributed by atoms with E-state index in [0.29, 0.717) is 12.6 Å². The average Bonchev–Trinajstić information content (AvgIpc) is 3.40. The Balaban J connectivity index is 1.72. The highest BCUT2D eigenvalue weighted by Gasteiger charge is 2.54. The van der Waals surface area contributed by atoms with Crippen LogP contribution in [-0.4, -0.2) is 42.8 Å². The molecule has 1 aliphatic carbocycles. The van der Waals surface area contributed by atoms with Gasteiger partial charge in [-0.15, -0.1) is 0 Å². The number of halogens is 1. The predicted octanol–water partition coefficient (Wildman–Crippen LogP) is 5.18. The van der Waals surface area contributed by atoms with E-state index in [-0.39, 0.29) is 5.82 Å². The van der Waals surface area contributed by atoms with E-state index >= 15 is 0 Å². The van der Waals surface area contributed by atoms with Crippen LogP contribution in [0, 0.1) is 5.82 Å². The highest BCUT2D eigenvalue weighted by atomic mass is 28.3. The van der Waals surface area contributed by atoms with Gasteiger partial charge in [-0.05, 0) is 70.8 Å². The Kier molecular flexibility index (Phi) is 6.20. The molecule has 0 radical (unpaired) electrons. The molecule has 8 heteroatoms. The summed E-state index contributed by atoms with van der Waals surface area (Å²) in [4.78, 5) is 0. The molecule has 0 N–H and O–H groups in total. The number of hydrogen-bond donors (Lipinski definition) is 0. The zero-order valence-electron chi connectivity index (χ0n) is 20.5. The maximum atomic E-state index is 13.6. The summed E-state index contributed by atoms with van der Waals surface area (Å²) in [6, 6.07) is 7.62. The molecule has 5 nitrogen and oxygen atoms in total. The smallest absolute Gasteiger partial charge is 0.399 e. The van der Waals surface area contributed by atoms with E-state index in [1.54, 1.807) is 12.1 Å². The second kappa shape index (κ2) is 8.38. The number of benzene rings is 1. The third-order valence-electron chi connectivity index (χ3n) is 6.81. The molecule has 32 heavy (non-hydrogen) atoms. The summed E-state index contributed by atoms with van der Waals surface area (Å²) in [7, 11) is -1.69. The van der Waals surface area contributed by atoms with Crippen LogP contribution < -0.4 is 5.46 Å². The van der Waals surface area contributed by atoms with Gasteiger partial charge in [-0.2, -0.15) is 5.10 Å². The molecule has 0 spiro atoms. The van der Waals surface area contributed by atoms with E-state index in [0.717, 1.165) is 47.9 Å². The molecule has 4 rings (SSSR count). The van der Waals surface area contributed by atoms with Crippen molar-refractivity contribution in [3.05, 3.63) is 35.8 Å². The van der Waals surface area contributed by atoms with Gasteiger partial charge in [0.1, 0.15) is 12.5 Å². The molecule has 0 atom stereocenters. The highest BCUT2D eigenvalue weighted by molar-refractivity contribution is 6.76. The summed E-state index contributed by atoms with van der Waals surface area (Å²) in [5.41, 5.74) is 2.85. The quantitative estimate of drug-likeness (QED) is 0.404. The van der Waals surface area contributed by atoms with Gasteiger partial charge in [0.15, 0.2) is 0 Å². The molecule has 0 bridgehead atoms. The van der Waals surface area contributed by atoms with Gasteiger partial charge in [-0.3, -0.25) is 0 Å². The molecular weight excluding hydrogens is 422 g/mol. The molecular formula is C24H36BFN2O3Si. The largest absolute Gasteiger partial charge is 0.499 e. The van der Waals surface area contributed by atoms with Crippen LogP contribution in [-0.2, 0) is 20.8 Å². The van der Waals surface area contributed by atoms with Crippen molar-refractivity contribution in [2.24, 2.45) is 0 Å². The Morgan fingerprint density at radius 2 is 1.69 bits per heavy atom. The lowest BCUT2D eigenvalue weighted by molar-refractivity contribution is 0.00578. The molecule has 1 aromatic carbocycles. The second-order valence-electron chi connectivity index (χ2n) is 11.4. The van der Waals surface area contributed by atoms with Crippen LogP contribution in [0.1, 0.15) is 52.1 Å². The van der Waals surface area contributed by atoms with E-state index in [2.05, 4.69) is 47.3 Å². The molecule has 0 amide bonds. The molecule has 2 fully saturated rings. The van der Waals surface area contributed by atoms with Crippen molar-refractivity contribution in [3.8, 4) is 11.3 Å². The van der Waals surface area contributed by atoms with E-state index < -0.39 is 26.4 Å². The van der Waals surface area contributed by atoms with Crippen molar-refractivity contribution < 1.29 is 18.4 Å². The van der Waals surface area contributed by atoms with Crippen LogP contribution in [0.3, 0.4) is 0 Å². The number of rotatable bonds is 8. The van der Waals surface area contributed by atoms with Gasteiger partial charge in [0.25, 0.3) is 0 Å².